The first-order chi connectivity index (χ1) is 12.2. The van der Waals surface area contributed by atoms with Gasteiger partial charge in [-0.3, -0.25) is 9.59 Å². The summed E-state index contributed by atoms with van der Waals surface area (Å²) >= 11 is 0. The zero-order valence-electron chi connectivity index (χ0n) is 14.5. The monoisotopic (exact) mass is 347 g/mol. The van der Waals surface area contributed by atoms with Crippen LogP contribution in [0, 0.1) is 5.41 Å². The van der Waals surface area contributed by atoms with Crippen LogP contribution in [0.1, 0.15) is 32.1 Å². The van der Waals surface area contributed by atoms with Crippen LogP contribution in [0.2, 0.25) is 0 Å². The summed E-state index contributed by atoms with van der Waals surface area (Å²) in [5, 5.41) is 7.58. The van der Waals surface area contributed by atoms with Gasteiger partial charge < -0.3 is 14.5 Å². The number of amides is 2. The van der Waals surface area contributed by atoms with E-state index in [1.165, 1.54) is 4.68 Å². The van der Waals surface area contributed by atoms with E-state index in [4.69, 9.17) is 4.74 Å². The van der Waals surface area contributed by atoms with Crippen LogP contribution >= 0.6 is 0 Å². The third kappa shape index (κ3) is 3.15. The first-order valence-corrected chi connectivity index (χ1v) is 9.19. The van der Waals surface area contributed by atoms with Gasteiger partial charge in [0.2, 0.25) is 11.8 Å². The number of rotatable bonds is 3. The first kappa shape index (κ1) is 16.5. The van der Waals surface area contributed by atoms with E-state index < -0.39 is 0 Å². The molecule has 0 bridgehead atoms. The highest BCUT2D eigenvalue weighted by Crippen LogP contribution is 2.41. The van der Waals surface area contributed by atoms with Gasteiger partial charge in [0, 0.05) is 45.1 Å². The summed E-state index contributed by atoms with van der Waals surface area (Å²) in [6.07, 6.45) is 7.78. The molecule has 3 saturated heterocycles. The predicted octanol–water partition coefficient (Wildman–Crippen LogP) is 0.298. The molecule has 0 N–H and O–H groups in total. The summed E-state index contributed by atoms with van der Waals surface area (Å²) in [5.41, 5.74) is -0.380. The minimum Gasteiger partial charge on any atom is -0.381 e. The number of carbonyl (C=O) groups is 2. The Morgan fingerprint density at radius 2 is 2.12 bits per heavy atom. The van der Waals surface area contributed by atoms with Crippen molar-refractivity contribution in [1.29, 1.82) is 0 Å². The molecular weight excluding hydrogens is 322 g/mol. The molecule has 1 unspecified atom stereocenters. The Morgan fingerprint density at radius 1 is 1.28 bits per heavy atom. The van der Waals surface area contributed by atoms with E-state index in [2.05, 4.69) is 15.2 Å². The highest BCUT2D eigenvalue weighted by molar-refractivity contribution is 5.86. The zero-order valence-corrected chi connectivity index (χ0v) is 14.5. The lowest BCUT2D eigenvalue weighted by Gasteiger charge is -2.44. The quantitative estimate of drug-likeness (QED) is 0.785. The van der Waals surface area contributed by atoms with Crippen molar-refractivity contribution >= 4 is 11.8 Å². The molecule has 136 valence electrons. The van der Waals surface area contributed by atoms with Gasteiger partial charge in [-0.15, -0.1) is 5.10 Å². The number of aromatic nitrogens is 3. The number of ether oxygens (including phenoxy) is 1. The molecule has 8 nitrogen and oxygen atoms in total. The normalized spacial score (nSPS) is 28.1. The van der Waals surface area contributed by atoms with E-state index in [-0.39, 0.29) is 23.8 Å². The van der Waals surface area contributed by atoms with Crippen LogP contribution in [0.4, 0.5) is 0 Å². The zero-order chi connectivity index (χ0) is 17.3. The Kier molecular flexibility index (Phi) is 4.45. The van der Waals surface area contributed by atoms with Gasteiger partial charge in [-0.25, -0.2) is 4.68 Å². The standard InChI is InChI=1S/C17H25N5O3/c23-15(12-21-9-6-18-19-21)20-8-5-17(13-20)4-1-7-22(16(17)24)14-2-10-25-11-3-14/h6,9,14H,1-5,7-8,10-13H2. The summed E-state index contributed by atoms with van der Waals surface area (Å²) < 4.78 is 6.97. The van der Waals surface area contributed by atoms with E-state index in [9.17, 15) is 9.59 Å². The highest BCUT2D eigenvalue weighted by Gasteiger charge is 2.50. The fraction of sp³-hybridized carbons (Fsp3) is 0.765. The molecule has 1 spiro atoms. The van der Waals surface area contributed by atoms with Crippen LogP contribution in [0.3, 0.4) is 0 Å². The van der Waals surface area contributed by atoms with Gasteiger partial charge in [0.25, 0.3) is 0 Å². The van der Waals surface area contributed by atoms with Crippen molar-refractivity contribution in [3.63, 3.8) is 0 Å². The first-order valence-electron chi connectivity index (χ1n) is 9.19. The average molecular weight is 347 g/mol. The summed E-state index contributed by atoms with van der Waals surface area (Å²) in [6.45, 7) is 3.71. The smallest absolute Gasteiger partial charge is 0.244 e. The Bertz CT molecular complexity index is 628. The second-order valence-electron chi connectivity index (χ2n) is 7.39. The molecule has 0 aromatic carbocycles. The Morgan fingerprint density at radius 3 is 2.88 bits per heavy atom. The molecule has 1 atom stereocenters. The minimum absolute atomic E-state index is 0.0124. The van der Waals surface area contributed by atoms with Crippen molar-refractivity contribution < 1.29 is 14.3 Å². The summed E-state index contributed by atoms with van der Waals surface area (Å²) in [4.78, 5) is 29.7. The molecule has 0 saturated carbocycles. The van der Waals surface area contributed by atoms with Crippen molar-refractivity contribution in [3.05, 3.63) is 12.4 Å². The fourth-order valence-electron chi connectivity index (χ4n) is 4.47. The highest BCUT2D eigenvalue weighted by atomic mass is 16.5. The third-order valence-corrected chi connectivity index (χ3v) is 5.88. The predicted molar refractivity (Wildman–Crippen MR) is 88.4 cm³/mol. The van der Waals surface area contributed by atoms with Crippen molar-refractivity contribution in [2.24, 2.45) is 5.41 Å². The molecule has 25 heavy (non-hydrogen) atoms. The number of carbonyl (C=O) groups excluding carboxylic acids is 2. The number of hydrogen-bond acceptors (Lipinski definition) is 5. The van der Waals surface area contributed by atoms with Crippen molar-refractivity contribution in [1.82, 2.24) is 24.8 Å². The Balaban J connectivity index is 1.42. The Hall–Kier alpha value is -1.96. The van der Waals surface area contributed by atoms with Gasteiger partial charge in [-0.2, -0.15) is 0 Å². The summed E-state index contributed by atoms with van der Waals surface area (Å²) in [7, 11) is 0. The van der Waals surface area contributed by atoms with E-state index in [0.717, 1.165) is 51.9 Å². The van der Waals surface area contributed by atoms with Gasteiger partial charge in [0.05, 0.1) is 11.6 Å². The lowest BCUT2D eigenvalue weighted by Crippen LogP contribution is -2.55. The summed E-state index contributed by atoms with van der Waals surface area (Å²) in [6, 6.07) is 0.304. The van der Waals surface area contributed by atoms with Crippen molar-refractivity contribution in [2.75, 3.05) is 32.8 Å². The molecule has 0 radical (unpaired) electrons. The molecule has 8 heteroatoms. The molecule has 3 fully saturated rings. The molecule has 1 aromatic rings. The lowest BCUT2D eigenvalue weighted by atomic mass is 9.77. The van der Waals surface area contributed by atoms with E-state index >= 15 is 0 Å². The maximum absolute atomic E-state index is 13.3. The van der Waals surface area contributed by atoms with Gasteiger partial charge in [0.1, 0.15) is 6.54 Å². The minimum atomic E-state index is -0.380. The maximum atomic E-state index is 13.3. The topological polar surface area (TPSA) is 80.6 Å². The molecule has 3 aliphatic heterocycles. The SMILES string of the molecule is O=C(Cn1ccnn1)N1CCC2(CCCN(C3CCOCC3)C2=O)C1. The Labute approximate surface area is 147 Å². The number of likely N-dealkylation sites (tertiary alicyclic amines) is 2. The lowest BCUT2D eigenvalue weighted by molar-refractivity contribution is -0.151. The van der Waals surface area contributed by atoms with E-state index in [1.54, 1.807) is 12.4 Å². The van der Waals surface area contributed by atoms with Crippen LogP contribution in [0.15, 0.2) is 12.4 Å². The van der Waals surface area contributed by atoms with E-state index in [0.29, 0.717) is 19.1 Å². The second kappa shape index (κ2) is 6.74. The number of hydrogen-bond donors (Lipinski definition) is 0. The van der Waals surface area contributed by atoms with Crippen LogP contribution in [-0.4, -0.2) is 75.5 Å². The van der Waals surface area contributed by atoms with E-state index in [1.807, 2.05) is 4.90 Å². The van der Waals surface area contributed by atoms with Crippen LogP contribution in [0.25, 0.3) is 0 Å². The van der Waals surface area contributed by atoms with Crippen LogP contribution < -0.4 is 0 Å². The molecule has 3 aliphatic rings. The number of nitrogens with zero attached hydrogens (tertiary/aromatic N) is 5. The molecular formula is C17H25N5O3. The fourth-order valence-corrected chi connectivity index (χ4v) is 4.47. The summed E-state index contributed by atoms with van der Waals surface area (Å²) in [5.74, 6) is 0.264. The van der Waals surface area contributed by atoms with Crippen LogP contribution in [0.5, 0.6) is 0 Å². The van der Waals surface area contributed by atoms with Gasteiger partial charge in [-0.05, 0) is 32.1 Å². The van der Waals surface area contributed by atoms with Crippen molar-refractivity contribution in [3.8, 4) is 0 Å². The van der Waals surface area contributed by atoms with Gasteiger partial charge >= 0.3 is 0 Å². The van der Waals surface area contributed by atoms with Gasteiger partial charge in [0.15, 0.2) is 0 Å². The molecule has 0 aliphatic carbocycles. The van der Waals surface area contributed by atoms with Gasteiger partial charge in [-0.1, -0.05) is 5.21 Å². The number of piperidine rings is 1. The maximum Gasteiger partial charge on any atom is 0.244 e. The molecule has 4 heterocycles. The molecule has 2 amide bonds. The van der Waals surface area contributed by atoms with Crippen LogP contribution in [-0.2, 0) is 20.9 Å². The third-order valence-electron chi connectivity index (χ3n) is 5.88. The molecule has 4 rings (SSSR count). The largest absolute Gasteiger partial charge is 0.381 e. The van der Waals surface area contributed by atoms with Crippen molar-refractivity contribution in [2.45, 2.75) is 44.7 Å². The second-order valence-corrected chi connectivity index (χ2v) is 7.39. The average Bonchev–Trinajstić information content (AvgIpc) is 3.29. The molecule has 1 aromatic heterocycles.